The second-order valence-corrected chi connectivity index (χ2v) is 6.57. The Morgan fingerprint density at radius 2 is 1.96 bits per heavy atom. The minimum absolute atomic E-state index is 0.132. The lowest BCUT2D eigenvalue weighted by Gasteiger charge is -2.26. The van der Waals surface area contributed by atoms with E-state index in [1.54, 1.807) is 0 Å². The number of hydrogen-bond acceptors (Lipinski definition) is 4. The molecular formula is C20H23N3O2. The maximum Gasteiger partial charge on any atom is 0.287 e. The molecule has 0 unspecified atom stereocenters. The molecule has 2 heterocycles. The van der Waals surface area contributed by atoms with Crippen LogP contribution in [-0.2, 0) is 0 Å². The lowest BCUT2D eigenvalue weighted by Crippen LogP contribution is -2.46. The predicted molar refractivity (Wildman–Crippen MR) is 100 cm³/mol. The van der Waals surface area contributed by atoms with Crippen molar-refractivity contribution in [3.63, 3.8) is 0 Å². The highest BCUT2D eigenvalue weighted by molar-refractivity contribution is 6.08. The molecule has 0 bridgehead atoms. The normalized spacial score (nSPS) is 15.7. The van der Waals surface area contributed by atoms with Crippen LogP contribution in [0, 0.1) is 6.92 Å². The fourth-order valence-corrected chi connectivity index (χ4v) is 3.51. The quantitative estimate of drug-likeness (QED) is 0.768. The van der Waals surface area contributed by atoms with Crippen LogP contribution in [0.5, 0.6) is 0 Å². The van der Waals surface area contributed by atoms with Gasteiger partial charge < -0.3 is 15.1 Å². The zero-order valence-corrected chi connectivity index (χ0v) is 14.5. The largest absolute Gasteiger partial charge is 0.450 e. The Morgan fingerprint density at radius 1 is 1.16 bits per heavy atom. The Bertz CT molecular complexity index is 910. The summed E-state index contributed by atoms with van der Waals surface area (Å²) in [4.78, 5) is 14.9. The minimum Gasteiger partial charge on any atom is -0.450 e. The van der Waals surface area contributed by atoms with Crippen LogP contribution in [0.1, 0.15) is 16.1 Å². The number of fused-ring (bicyclic) bond motifs is 3. The van der Waals surface area contributed by atoms with E-state index in [1.807, 2.05) is 31.2 Å². The SMILES string of the molecule is Cc1c(C(=O)NCCN2CCNCC2)oc2c1ccc1ccccc12. The summed E-state index contributed by atoms with van der Waals surface area (Å²) in [6.07, 6.45) is 0. The highest BCUT2D eigenvalue weighted by Crippen LogP contribution is 2.31. The third-order valence-corrected chi connectivity index (χ3v) is 4.96. The number of rotatable bonds is 4. The lowest BCUT2D eigenvalue weighted by molar-refractivity contribution is 0.0921. The first-order chi connectivity index (χ1) is 12.2. The number of nitrogens with one attached hydrogen (secondary N) is 2. The highest BCUT2D eigenvalue weighted by atomic mass is 16.3. The molecule has 1 amide bonds. The summed E-state index contributed by atoms with van der Waals surface area (Å²) in [5.41, 5.74) is 1.70. The van der Waals surface area contributed by atoms with Gasteiger partial charge >= 0.3 is 0 Å². The van der Waals surface area contributed by atoms with Gasteiger partial charge in [0.2, 0.25) is 0 Å². The molecule has 4 rings (SSSR count). The summed E-state index contributed by atoms with van der Waals surface area (Å²) in [6, 6.07) is 12.2. The third-order valence-electron chi connectivity index (χ3n) is 4.96. The van der Waals surface area contributed by atoms with E-state index in [0.29, 0.717) is 12.3 Å². The molecule has 25 heavy (non-hydrogen) atoms. The van der Waals surface area contributed by atoms with Crippen LogP contribution in [-0.4, -0.2) is 50.1 Å². The van der Waals surface area contributed by atoms with Gasteiger partial charge in [0.05, 0.1) is 0 Å². The molecule has 2 N–H and O–H groups in total. The maximum atomic E-state index is 12.6. The number of furan rings is 1. The van der Waals surface area contributed by atoms with Crippen molar-refractivity contribution in [3.8, 4) is 0 Å². The Kier molecular flexibility index (Phi) is 4.42. The molecule has 5 heteroatoms. The third kappa shape index (κ3) is 3.13. The van der Waals surface area contributed by atoms with Crippen molar-refractivity contribution in [1.29, 1.82) is 0 Å². The fourth-order valence-electron chi connectivity index (χ4n) is 3.51. The monoisotopic (exact) mass is 337 g/mol. The van der Waals surface area contributed by atoms with E-state index >= 15 is 0 Å². The highest BCUT2D eigenvalue weighted by Gasteiger charge is 2.19. The minimum atomic E-state index is -0.132. The standard InChI is InChI=1S/C20H23N3O2/c1-14-16-7-6-15-4-2-3-5-17(15)19(16)25-18(14)20(24)22-10-13-23-11-8-21-9-12-23/h2-7,21H,8-13H2,1H3,(H,22,24). The number of carbonyl (C=O) groups excluding carboxylic acids is 1. The average molecular weight is 337 g/mol. The zero-order valence-electron chi connectivity index (χ0n) is 14.5. The smallest absolute Gasteiger partial charge is 0.287 e. The van der Waals surface area contributed by atoms with Crippen LogP contribution in [0.4, 0.5) is 0 Å². The first-order valence-electron chi connectivity index (χ1n) is 8.86. The Hall–Kier alpha value is -2.37. The molecule has 1 fully saturated rings. The second-order valence-electron chi connectivity index (χ2n) is 6.57. The fraction of sp³-hybridized carbons (Fsp3) is 0.350. The lowest BCUT2D eigenvalue weighted by atomic mass is 10.1. The van der Waals surface area contributed by atoms with Crippen molar-refractivity contribution in [2.45, 2.75) is 6.92 Å². The Balaban J connectivity index is 1.53. The van der Waals surface area contributed by atoms with Gasteiger partial charge in [0.25, 0.3) is 5.91 Å². The van der Waals surface area contributed by atoms with E-state index in [-0.39, 0.29) is 5.91 Å². The summed E-state index contributed by atoms with van der Waals surface area (Å²) in [6.45, 7) is 7.56. The first kappa shape index (κ1) is 16.1. The van der Waals surface area contributed by atoms with Crippen molar-refractivity contribution in [2.24, 2.45) is 0 Å². The number of nitrogens with zero attached hydrogens (tertiary/aromatic N) is 1. The maximum absolute atomic E-state index is 12.6. The van der Waals surface area contributed by atoms with E-state index in [9.17, 15) is 4.79 Å². The van der Waals surface area contributed by atoms with Crippen LogP contribution < -0.4 is 10.6 Å². The summed E-state index contributed by atoms with van der Waals surface area (Å²) in [5.74, 6) is 0.291. The van der Waals surface area contributed by atoms with E-state index in [4.69, 9.17) is 4.42 Å². The molecule has 3 aromatic rings. The number of benzene rings is 2. The molecular weight excluding hydrogens is 314 g/mol. The summed E-state index contributed by atoms with van der Waals surface area (Å²) >= 11 is 0. The van der Waals surface area contributed by atoms with Crippen LogP contribution in [0.2, 0.25) is 0 Å². The second kappa shape index (κ2) is 6.86. The van der Waals surface area contributed by atoms with E-state index < -0.39 is 0 Å². The molecule has 0 spiro atoms. The van der Waals surface area contributed by atoms with Crippen molar-refractivity contribution in [3.05, 3.63) is 47.7 Å². The van der Waals surface area contributed by atoms with Crippen LogP contribution in [0.15, 0.2) is 40.8 Å². The number of piperazine rings is 1. The van der Waals surface area contributed by atoms with Crippen LogP contribution in [0.25, 0.3) is 21.7 Å². The zero-order chi connectivity index (χ0) is 17.2. The van der Waals surface area contributed by atoms with Crippen molar-refractivity contribution >= 4 is 27.6 Å². The molecule has 1 aromatic heterocycles. The van der Waals surface area contributed by atoms with Gasteiger partial charge in [-0.3, -0.25) is 9.69 Å². The number of carbonyl (C=O) groups is 1. The van der Waals surface area contributed by atoms with Crippen LogP contribution >= 0.6 is 0 Å². The number of aryl methyl sites for hydroxylation is 1. The topological polar surface area (TPSA) is 57.5 Å². The Labute approximate surface area is 147 Å². The molecule has 1 saturated heterocycles. The number of hydrogen-bond donors (Lipinski definition) is 2. The van der Waals surface area contributed by atoms with Gasteiger partial charge in [-0.25, -0.2) is 0 Å². The van der Waals surface area contributed by atoms with Gasteiger partial charge in [-0.15, -0.1) is 0 Å². The molecule has 1 aliphatic rings. The van der Waals surface area contributed by atoms with Crippen molar-refractivity contribution in [2.75, 3.05) is 39.3 Å². The molecule has 0 radical (unpaired) electrons. The van der Waals surface area contributed by atoms with E-state index in [2.05, 4.69) is 27.7 Å². The molecule has 0 aliphatic carbocycles. The average Bonchev–Trinajstić information content (AvgIpc) is 3.00. The summed E-state index contributed by atoms with van der Waals surface area (Å²) in [5, 5.41) is 9.50. The van der Waals surface area contributed by atoms with Gasteiger partial charge in [-0.05, 0) is 12.3 Å². The summed E-state index contributed by atoms with van der Waals surface area (Å²) < 4.78 is 5.98. The van der Waals surface area contributed by atoms with E-state index in [0.717, 1.165) is 60.0 Å². The predicted octanol–water partition coefficient (Wildman–Crippen LogP) is 2.53. The van der Waals surface area contributed by atoms with Crippen molar-refractivity contribution < 1.29 is 9.21 Å². The molecule has 5 nitrogen and oxygen atoms in total. The van der Waals surface area contributed by atoms with E-state index in [1.165, 1.54) is 0 Å². The first-order valence-corrected chi connectivity index (χ1v) is 8.86. The molecule has 0 saturated carbocycles. The van der Waals surface area contributed by atoms with Gasteiger partial charge in [0.1, 0.15) is 5.58 Å². The molecule has 0 atom stereocenters. The summed E-state index contributed by atoms with van der Waals surface area (Å²) in [7, 11) is 0. The number of amides is 1. The van der Waals surface area contributed by atoms with Crippen LogP contribution in [0.3, 0.4) is 0 Å². The molecule has 1 aliphatic heterocycles. The molecule has 130 valence electrons. The van der Waals surface area contributed by atoms with Gasteiger partial charge in [0.15, 0.2) is 5.76 Å². The van der Waals surface area contributed by atoms with Gasteiger partial charge in [0, 0.05) is 55.6 Å². The Morgan fingerprint density at radius 3 is 2.80 bits per heavy atom. The van der Waals surface area contributed by atoms with Crippen molar-refractivity contribution in [1.82, 2.24) is 15.5 Å². The molecule has 2 aromatic carbocycles. The van der Waals surface area contributed by atoms with Gasteiger partial charge in [-0.2, -0.15) is 0 Å². The van der Waals surface area contributed by atoms with Gasteiger partial charge in [-0.1, -0.05) is 36.4 Å².